The zero-order valence-electron chi connectivity index (χ0n) is 21.3. The number of likely N-dealkylation sites (tertiary alicyclic amines) is 1. The van der Waals surface area contributed by atoms with E-state index in [0.717, 1.165) is 0 Å². The van der Waals surface area contributed by atoms with Crippen LogP contribution in [0.15, 0.2) is 90.3 Å². The minimum absolute atomic E-state index is 0.0495. The molecule has 3 aromatic carbocycles. The Balaban J connectivity index is 1.64. The van der Waals surface area contributed by atoms with Crippen molar-refractivity contribution < 1.29 is 29.0 Å². The number of ether oxygens (including phenoxy) is 2. The predicted molar refractivity (Wildman–Crippen MR) is 150 cm³/mol. The largest absolute Gasteiger partial charge is 0.479 e. The van der Waals surface area contributed by atoms with Crippen LogP contribution in [0.1, 0.15) is 50.0 Å². The summed E-state index contributed by atoms with van der Waals surface area (Å²) in [6.45, 7) is 1.57. The van der Waals surface area contributed by atoms with Gasteiger partial charge in [-0.2, -0.15) is 0 Å². The maximum Gasteiger partial charge on any atom is 0.330 e. The molecule has 3 heterocycles. The molecule has 1 aromatic heterocycles. The lowest BCUT2D eigenvalue weighted by Crippen LogP contribution is -2.54. The number of amides is 1. The molecule has 4 atom stereocenters. The summed E-state index contributed by atoms with van der Waals surface area (Å²) >= 11 is 7.48. The molecule has 1 amide bonds. The van der Waals surface area contributed by atoms with Gasteiger partial charge < -0.3 is 19.5 Å². The highest BCUT2D eigenvalue weighted by molar-refractivity contribution is 7.12. The SMILES string of the molecule is CC1(C(=O)O)C(c2ccc(Cl)cc2)C(C(=O)c2cccs2)C(c2ccc3c(c2)OCO3)N1C(=O)c1ccccc1. The third-order valence-electron chi connectivity index (χ3n) is 7.79. The molecule has 4 aromatic rings. The minimum Gasteiger partial charge on any atom is -0.479 e. The van der Waals surface area contributed by atoms with Gasteiger partial charge in [-0.25, -0.2) is 4.79 Å². The van der Waals surface area contributed by atoms with Crippen LogP contribution in [0.5, 0.6) is 11.5 Å². The predicted octanol–water partition coefficient (Wildman–Crippen LogP) is 6.45. The Morgan fingerprint density at radius 2 is 1.62 bits per heavy atom. The summed E-state index contributed by atoms with van der Waals surface area (Å²) in [4.78, 5) is 44.0. The maximum atomic E-state index is 14.4. The number of benzene rings is 3. The molecule has 1 N–H and O–H groups in total. The molecule has 1 saturated heterocycles. The second kappa shape index (κ2) is 10.1. The second-order valence-corrected chi connectivity index (χ2v) is 11.3. The van der Waals surface area contributed by atoms with Gasteiger partial charge >= 0.3 is 5.97 Å². The molecule has 0 saturated carbocycles. The Morgan fingerprint density at radius 1 is 0.925 bits per heavy atom. The summed E-state index contributed by atoms with van der Waals surface area (Å²) in [5.74, 6) is -2.78. The zero-order chi connectivity index (χ0) is 28.0. The van der Waals surface area contributed by atoms with Crippen LogP contribution in [0.2, 0.25) is 5.02 Å². The molecule has 6 rings (SSSR count). The number of rotatable bonds is 6. The third kappa shape index (κ3) is 4.15. The molecule has 9 heteroatoms. The molecule has 202 valence electrons. The Morgan fingerprint density at radius 3 is 2.30 bits per heavy atom. The van der Waals surface area contributed by atoms with Gasteiger partial charge in [0.25, 0.3) is 5.91 Å². The highest BCUT2D eigenvalue weighted by Gasteiger charge is 2.65. The van der Waals surface area contributed by atoms with Crippen LogP contribution in [0.25, 0.3) is 0 Å². The second-order valence-electron chi connectivity index (χ2n) is 9.95. The Bertz CT molecular complexity index is 1590. The Labute approximate surface area is 239 Å². The Hall–Kier alpha value is -4.14. The number of hydrogen-bond donors (Lipinski definition) is 1. The van der Waals surface area contributed by atoms with Gasteiger partial charge in [-0.15, -0.1) is 11.3 Å². The summed E-state index contributed by atoms with van der Waals surface area (Å²) in [7, 11) is 0. The highest BCUT2D eigenvalue weighted by Crippen LogP contribution is 2.58. The molecular weight excluding hydrogens is 550 g/mol. The number of carboxylic acids is 1. The molecule has 2 aliphatic heterocycles. The van der Waals surface area contributed by atoms with Crippen LogP contribution in [0.3, 0.4) is 0 Å². The molecule has 1 fully saturated rings. The summed E-state index contributed by atoms with van der Waals surface area (Å²) in [6, 6.07) is 23.1. The van der Waals surface area contributed by atoms with Gasteiger partial charge in [0, 0.05) is 16.5 Å². The number of carbonyl (C=O) groups excluding carboxylic acids is 2. The average molecular weight is 574 g/mol. The van der Waals surface area contributed by atoms with E-state index in [0.29, 0.717) is 38.1 Å². The number of carboxylic acid groups (broad SMARTS) is 1. The van der Waals surface area contributed by atoms with Crippen LogP contribution < -0.4 is 9.47 Å². The molecule has 2 aliphatic rings. The van der Waals surface area contributed by atoms with Crippen LogP contribution in [-0.2, 0) is 4.79 Å². The number of nitrogens with zero attached hydrogens (tertiary/aromatic N) is 1. The molecule has 0 spiro atoms. The van der Waals surface area contributed by atoms with Crippen LogP contribution in [-0.4, -0.2) is 40.0 Å². The van der Waals surface area contributed by atoms with E-state index in [4.69, 9.17) is 21.1 Å². The zero-order valence-corrected chi connectivity index (χ0v) is 22.9. The number of halogens is 1. The van der Waals surface area contributed by atoms with E-state index in [9.17, 15) is 19.5 Å². The number of carbonyl (C=O) groups is 3. The van der Waals surface area contributed by atoms with Crippen LogP contribution >= 0.6 is 22.9 Å². The molecule has 0 bridgehead atoms. The smallest absolute Gasteiger partial charge is 0.330 e. The van der Waals surface area contributed by atoms with E-state index in [1.165, 1.54) is 23.2 Å². The topological polar surface area (TPSA) is 93.1 Å². The summed E-state index contributed by atoms with van der Waals surface area (Å²) in [5, 5.41) is 13.2. The number of ketones is 1. The monoisotopic (exact) mass is 573 g/mol. The molecule has 0 aliphatic carbocycles. The fourth-order valence-electron chi connectivity index (χ4n) is 5.96. The van der Waals surface area contributed by atoms with Gasteiger partial charge in [-0.05, 0) is 65.9 Å². The van der Waals surface area contributed by atoms with Crippen molar-refractivity contribution in [3.63, 3.8) is 0 Å². The lowest BCUT2D eigenvalue weighted by molar-refractivity contribution is -0.148. The van der Waals surface area contributed by atoms with Gasteiger partial charge in [-0.1, -0.05) is 54.1 Å². The molecular formula is C31H24ClNO6S. The van der Waals surface area contributed by atoms with Gasteiger partial charge in [0.15, 0.2) is 17.3 Å². The van der Waals surface area contributed by atoms with Gasteiger partial charge in [0.05, 0.1) is 16.8 Å². The average Bonchev–Trinajstić information content (AvgIpc) is 3.72. The fraction of sp³-hybridized carbons (Fsp3) is 0.194. The first-order valence-corrected chi connectivity index (χ1v) is 13.9. The highest BCUT2D eigenvalue weighted by atomic mass is 35.5. The van der Waals surface area contributed by atoms with Crippen LogP contribution in [0, 0.1) is 5.92 Å². The molecule has 0 radical (unpaired) electrons. The minimum atomic E-state index is -1.81. The van der Waals surface area contributed by atoms with Gasteiger partial charge in [0.1, 0.15) is 5.54 Å². The van der Waals surface area contributed by atoms with Gasteiger partial charge in [0.2, 0.25) is 6.79 Å². The first-order valence-electron chi connectivity index (χ1n) is 12.7. The lowest BCUT2D eigenvalue weighted by Gasteiger charge is -2.38. The molecule has 4 unspecified atom stereocenters. The number of thiophene rings is 1. The lowest BCUT2D eigenvalue weighted by atomic mass is 9.72. The first-order chi connectivity index (χ1) is 19.3. The van der Waals surface area contributed by atoms with Crippen molar-refractivity contribution in [1.82, 2.24) is 4.90 Å². The van der Waals surface area contributed by atoms with Crippen molar-refractivity contribution in [2.45, 2.75) is 24.4 Å². The first kappa shape index (κ1) is 26.1. The van der Waals surface area contributed by atoms with Crippen molar-refractivity contribution in [1.29, 1.82) is 0 Å². The van der Waals surface area contributed by atoms with E-state index in [-0.39, 0.29) is 12.6 Å². The normalized spacial score (nSPS) is 23.2. The van der Waals surface area contributed by atoms with Crippen LogP contribution in [0.4, 0.5) is 0 Å². The van der Waals surface area contributed by atoms with Crippen molar-refractivity contribution in [2.75, 3.05) is 6.79 Å². The van der Waals surface area contributed by atoms with E-state index < -0.39 is 35.3 Å². The number of hydrogen-bond acceptors (Lipinski definition) is 6. The summed E-state index contributed by atoms with van der Waals surface area (Å²) in [5.41, 5.74) is -0.315. The Kier molecular flexibility index (Phi) is 6.60. The standard InChI is InChI=1S/C31H24ClNO6S/c1-31(30(36)37)26(18-9-12-21(32)13-10-18)25(28(34)24-8-5-15-40-24)27(20-11-14-22-23(16-20)39-17-38-22)33(31)29(35)19-6-3-2-4-7-19/h2-16,25-27H,17H2,1H3,(H,36,37). The maximum absolute atomic E-state index is 14.4. The van der Waals surface area contributed by atoms with Crippen molar-refractivity contribution >= 4 is 40.6 Å². The number of fused-ring (bicyclic) bond motifs is 1. The third-order valence-corrected chi connectivity index (χ3v) is 8.93. The molecule has 40 heavy (non-hydrogen) atoms. The van der Waals surface area contributed by atoms with E-state index in [1.54, 1.807) is 90.3 Å². The number of Topliss-reactive ketones (excluding diaryl/α,β-unsaturated/α-hetero) is 1. The quantitative estimate of drug-likeness (QED) is 0.266. The van der Waals surface area contributed by atoms with E-state index in [2.05, 4.69) is 0 Å². The van der Waals surface area contributed by atoms with Crippen molar-refractivity contribution in [2.24, 2.45) is 5.92 Å². The van der Waals surface area contributed by atoms with E-state index >= 15 is 0 Å². The fourth-order valence-corrected chi connectivity index (χ4v) is 6.80. The summed E-state index contributed by atoms with van der Waals surface area (Å²) in [6.07, 6.45) is 0. The van der Waals surface area contributed by atoms with E-state index in [1.807, 2.05) is 0 Å². The number of aliphatic carboxylic acids is 1. The molecule has 7 nitrogen and oxygen atoms in total. The van der Waals surface area contributed by atoms with Crippen molar-refractivity contribution in [3.05, 3.63) is 117 Å². The van der Waals surface area contributed by atoms with Gasteiger partial charge in [-0.3, -0.25) is 9.59 Å². The summed E-state index contributed by atoms with van der Waals surface area (Å²) < 4.78 is 11.1. The van der Waals surface area contributed by atoms with Crippen molar-refractivity contribution in [3.8, 4) is 11.5 Å².